The predicted octanol–water partition coefficient (Wildman–Crippen LogP) is -17.1. The minimum Gasteiger partial charge on any atom is -0.759 e. The average molecular weight is 809 g/mol. The van der Waals surface area contributed by atoms with Gasteiger partial charge >= 0.3 is 59.1 Å². The van der Waals surface area contributed by atoms with Gasteiger partial charge in [0.15, 0.2) is 25.2 Å². The van der Waals surface area contributed by atoms with Gasteiger partial charge in [-0.25, -0.2) is 0 Å². The van der Waals surface area contributed by atoms with Crippen molar-refractivity contribution in [3.05, 3.63) is 0 Å². The van der Waals surface area contributed by atoms with Crippen LogP contribution in [-0.4, -0.2) is 238 Å². The van der Waals surface area contributed by atoms with Crippen molar-refractivity contribution in [3.8, 4) is 0 Å². The molecule has 4 heterocycles. The first-order chi connectivity index (χ1) is 23.3. The molecule has 296 valence electrons. The van der Waals surface area contributed by atoms with E-state index in [2.05, 4.69) is 0 Å². The second-order valence-electron chi connectivity index (χ2n) is 11.5. The normalized spacial score (nSPS) is 46.9. The van der Waals surface area contributed by atoms with Crippen LogP contribution in [0.4, 0.5) is 0 Å². The first kappa shape index (κ1) is 51.0. The molecule has 4 aliphatic heterocycles. The van der Waals surface area contributed by atoms with Crippen LogP contribution in [0, 0.1) is 0 Å². The first-order valence-corrected chi connectivity index (χ1v) is 16.1. The fourth-order valence-electron chi connectivity index (χ4n) is 5.55. The summed E-state index contributed by atoms with van der Waals surface area (Å²) < 4.78 is 71.8. The fourth-order valence-corrected chi connectivity index (χ4v) is 5.55. The van der Waals surface area contributed by atoms with Crippen molar-refractivity contribution >= 4 is 10.4 Å². The van der Waals surface area contributed by atoms with Crippen LogP contribution < -0.4 is 59.1 Å². The van der Waals surface area contributed by atoms with Crippen molar-refractivity contribution in [3.63, 3.8) is 0 Å². The Kier molecular flexibility index (Phi) is 21.8. The van der Waals surface area contributed by atoms with E-state index in [-0.39, 0.29) is 59.1 Å². The quantitative estimate of drug-likeness (QED) is 0.0553. The van der Waals surface area contributed by atoms with Crippen LogP contribution in [-0.2, 0) is 43.6 Å². The summed E-state index contributed by atoms with van der Waals surface area (Å²) in [6.07, 6.45) is -35.3. The maximum Gasteiger partial charge on any atom is 1.00 e. The Bertz CT molecular complexity index is 1130. The van der Waals surface area contributed by atoms with Gasteiger partial charge in [0, 0.05) is 10.4 Å². The van der Waals surface area contributed by atoms with Gasteiger partial charge in [0.25, 0.3) is 0 Å². The van der Waals surface area contributed by atoms with Crippen LogP contribution in [0.2, 0.25) is 0 Å². The predicted molar refractivity (Wildman–Crippen MR) is 144 cm³/mol. The fraction of sp³-hybridized carbons (Fsp3) is 1.00. The summed E-state index contributed by atoms with van der Waals surface area (Å²) in [6.45, 7) is -3.39. The van der Waals surface area contributed by atoms with E-state index in [0.29, 0.717) is 0 Å². The zero-order chi connectivity index (χ0) is 37.8. The maximum absolute atomic E-state index is 10.9. The molecule has 28 heteroatoms. The Morgan fingerprint density at radius 1 is 0.423 bits per heavy atom. The first-order valence-electron chi connectivity index (χ1n) is 14.8. The van der Waals surface area contributed by atoms with Gasteiger partial charge in [0.05, 0.1) is 26.4 Å². The summed E-state index contributed by atoms with van der Waals surface area (Å²) in [4.78, 5) is 0. The second kappa shape index (κ2) is 22.3. The van der Waals surface area contributed by atoms with E-state index in [1.54, 1.807) is 0 Å². The number of aliphatic hydroxyl groups is 14. The number of hydrogen-bond acceptors (Lipinski definition) is 25. The standard InChI is InChI=1S/C24H42O21.2Na.H2O4S/c25-1-5-9(29)10(30)15(35)22(40-5)44-19-7(3-27)42-24(17(37)12(19)32)45-20-8(4-28)41-23(16(36)13(20)33)43-18-6(2-26)39-21(38)14(34)11(18)31;;;1-5(2,3)4/h5-38H,1-4H2;;;(H2,1,2,3,4)/q;2*+1;/p-2/t5-,6-,7-,8-,9-,10+,11-,12-,13-,14-,15-,16-,17-,18-,19-,20-,21+,22-,23-,24-;;;/m1.../s1. The van der Waals surface area contributed by atoms with Gasteiger partial charge in [0.2, 0.25) is 0 Å². The molecule has 0 aromatic heterocycles. The molecule has 0 aromatic carbocycles. The Balaban J connectivity index is 0.00000180. The summed E-state index contributed by atoms with van der Waals surface area (Å²) >= 11 is 0. The summed E-state index contributed by atoms with van der Waals surface area (Å²) in [5.74, 6) is 0. The van der Waals surface area contributed by atoms with Gasteiger partial charge in [0.1, 0.15) is 97.7 Å². The van der Waals surface area contributed by atoms with E-state index < -0.39 is 160 Å². The van der Waals surface area contributed by atoms with E-state index >= 15 is 0 Å². The van der Waals surface area contributed by atoms with Gasteiger partial charge in [-0.3, -0.25) is 8.42 Å². The largest absolute Gasteiger partial charge is 1.00 e. The molecule has 14 N–H and O–H groups in total. The van der Waals surface area contributed by atoms with E-state index in [9.17, 15) is 71.5 Å². The maximum atomic E-state index is 10.9. The average Bonchev–Trinajstić information content (AvgIpc) is 3.06. The monoisotopic (exact) mass is 808 g/mol. The summed E-state index contributed by atoms with van der Waals surface area (Å²) in [7, 11) is -5.17. The number of aliphatic hydroxyl groups excluding tert-OH is 14. The smallest absolute Gasteiger partial charge is 0.759 e. The van der Waals surface area contributed by atoms with Gasteiger partial charge in [-0.05, 0) is 0 Å². The van der Waals surface area contributed by atoms with Crippen LogP contribution >= 0.6 is 0 Å². The third-order valence-corrected chi connectivity index (χ3v) is 8.20. The van der Waals surface area contributed by atoms with Crippen molar-refractivity contribution in [1.82, 2.24) is 0 Å². The molecule has 4 aliphatic rings. The third kappa shape index (κ3) is 12.5. The van der Waals surface area contributed by atoms with E-state index in [1.807, 2.05) is 0 Å². The molecular formula is C24H42Na2O25S. The zero-order valence-electron chi connectivity index (χ0n) is 27.5. The molecule has 0 radical (unpaired) electrons. The molecule has 0 saturated carbocycles. The molecule has 4 saturated heterocycles. The second-order valence-corrected chi connectivity index (χ2v) is 12.4. The summed E-state index contributed by atoms with van der Waals surface area (Å²) in [5, 5.41) is 142. The number of hydrogen-bond donors (Lipinski definition) is 14. The Morgan fingerprint density at radius 3 is 1.02 bits per heavy atom. The molecule has 25 nitrogen and oxygen atoms in total. The van der Waals surface area contributed by atoms with E-state index in [1.165, 1.54) is 0 Å². The topological polar surface area (TPSA) is 428 Å². The molecule has 0 unspecified atom stereocenters. The summed E-state index contributed by atoms with van der Waals surface area (Å²) in [6, 6.07) is 0. The minimum absolute atomic E-state index is 0. The van der Waals surface area contributed by atoms with Crippen LogP contribution in [0.3, 0.4) is 0 Å². The number of ether oxygens (including phenoxy) is 7. The molecule has 4 rings (SSSR count). The molecule has 0 aromatic rings. The van der Waals surface area contributed by atoms with Gasteiger partial charge < -0.3 is 114 Å². The molecular weight excluding hydrogens is 766 g/mol. The molecule has 0 aliphatic carbocycles. The van der Waals surface area contributed by atoms with E-state index in [4.69, 9.17) is 50.7 Å². The Hall–Kier alpha value is 1.03. The van der Waals surface area contributed by atoms with Crippen molar-refractivity contribution in [2.45, 2.75) is 123 Å². The third-order valence-electron chi connectivity index (χ3n) is 8.20. The van der Waals surface area contributed by atoms with Crippen molar-refractivity contribution in [1.29, 1.82) is 0 Å². The molecule has 0 spiro atoms. The molecule has 52 heavy (non-hydrogen) atoms. The molecule has 20 atom stereocenters. The van der Waals surface area contributed by atoms with Crippen molar-refractivity contribution in [2.24, 2.45) is 0 Å². The number of rotatable bonds is 10. The van der Waals surface area contributed by atoms with E-state index in [0.717, 1.165) is 0 Å². The van der Waals surface area contributed by atoms with Crippen LogP contribution in [0.5, 0.6) is 0 Å². The Morgan fingerprint density at radius 2 is 0.692 bits per heavy atom. The molecule has 0 bridgehead atoms. The van der Waals surface area contributed by atoms with Crippen LogP contribution in [0.15, 0.2) is 0 Å². The molecule has 0 amide bonds. The summed E-state index contributed by atoms with van der Waals surface area (Å²) in [5.41, 5.74) is 0. The van der Waals surface area contributed by atoms with Gasteiger partial charge in [-0.15, -0.1) is 0 Å². The van der Waals surface area contributed by atoms with Crippen molar-refractivity contribution in [2.75, 3.05) is 26.4 Å². The SMILES string of the molecule is O=S(=O)([O-])[O-].OC[C@H]1O[C@H](O[C@H]2[C@H](O)[C@@H](O)[C@@H](O[C@H]3[C@H](O)[C@@H](O)[C@@H](O[C@H]4[C@H](O)[C@@H](O)[C@@H](O)O[C@@H]4CO)O[C@@H]3CO)O[C@@H]2CO)[C@H](O)[C@@H](O)[C@@H]1O.[Na+].[Na+]. The molecule has 4 fully saturated rings. The van der Waals surface area contributed by atoms with Crippen LogP contribution in [0.1, 0.15) is 0 Å². The minimum atomic E-state index is -5.17. The van der Waals surface area contributed by atoms with Crippen LogP contribution in [0.25, 0.3) is 0 Å². The zero-order valence-corrected chi connectivity index (χ0v) is 32.4. The van der Waals surface area contributed by atoms with Gasteiger partial charge in [-0.1, -0.05) is 0 Å². The Labute approximate surface area is 338 Å². The van der Waals surface area contributed by atoms with Crippen molar-refractivity contribution < 1.29 is 181 Å². The van der Waals surface area contributed by atoms with Gasteiger partial charge in [-0.2, -0.15) is 0 Å².